The maximum absolute atomic E-state index is 12.0. The van der Waals surface area contributed by atoms with Crippen LogP contribution >= 0.6 is 0 Å². The minimum atomic E-state index is 0.358. The molecule has 3 heterocycles. The predicted molar refractivity (Wildman–Crippen MR) is 122 cm³/mol. The summed E-state index contributed by atoms with van der Waals surface area (Å²) in [7, 11) is 0. The molecular formula is C25H42N4O. The molecule has 0 aromatic carbocycles. The Balaban J connectivity index is 1.19. The molecule has 0 amide bonds. The summed E-state index contributed by atoms with van der Waals surface area (Å²) in [6.07, 6.45) is 14.8. The lowest BCUT2D eigenvalue weighted by Crippen LogP contribution is -2.50. The van der Waals surface area contributed by atoms with Crippen LogP contribution in [0.15, 0.2) is 12.4 Å². The summed E-state index contributed by atoms with van der Waals surface area (Å²) in [5.41, 5.74) is 1.36. The minimum absolute atomic E-state index is 0.358. The van der Waals surface area contributed by atoms with E-state index in [9.17, 15) is 4.79 Å². The number of carbonyl (C=O) groups excluding carboxylic acids is 1. The van der Waals surface area contributed by atoms with E-state index in [1.165, 1.54) is 70.3 Å². The van der Waals surface area contributed by atoms with Gasteiger partial charge in [0, 0.05) is 43.7 Å². The average Bonchev–Trinajstić information content (AvgIpc) is 3.30. The van der Waals surface area contributed by atoms with Crippen LogP contribution in [0.5, 0.6) is 0 Å². The Kier molecular flexibility index (Phi) is 7.30. The maximum Gasteiger partial charge on any atom is 0.135 e. The number of carbonyl (C=O) groups is 1. The standard InChI is InChI=1S/C25H42N4O/c1-4-25(30)20-5-7-22(8-6-20)27-13-9-23(10-14-27)28-15-11-24(12-16-28)29-18-21(17-26-29)19(2)3/h17-20,22-24H,4-16H2,1-3H3/t20-,22-. The van der Waals surface area contributed by atoms with Gasteiger partial charge in [-0.1, -0.05) is 20.8 Å². The van der Waals surface area contributed by atoms with Gasteiger partial charge in [0.1, 0.15) is 5.78 Å². The van der Waals surface area contributed by atoms with Gasteiger partial charge in [-0.15, -0.1) is 0 Å². The number of rotatable bonds is 6. The van der Waals surface area contributed by atoms with Gasteiger partial charge in [0.15, 0.2) is 0 Å². The molecule has 0 bridgehead atoms. The van der Waals surface area contributed by atoms with Crippen LogP contribution in [0, 0.1) is 5.92 Å². The summed E-state index contributed by atoms with van der Waals surface area (Å²) in [5, 5.41) is 4.65. The summed E-state index contributed by atoms with van der Waals surface area (Å²) in [6.45, 7) is 11.4. The maximum atomic E-state index is 12.0. The molecule has 0 N–H and O–H groups in total. The van der Waals surface area contributed by atoms with Crippen LogP contribution in [0.4, 0.5) is 0 Å². The molecular weight excluding hydrogens is 372 g/mol. The van der Waals surface area contributed by atoms with Gasteiger partial charge in [-0.05, 0) is 75.9 Å². The fraction of sp³-hybridized carbons (Fsp3) is 0.840. The molecule has 30 heavy (non-hydrogen) atoms. The molecule has 1 saturated carbocycles. The topological polar surface area (TPSA) is 41.4 Å². The van der Waals surface area contributed by atoms with Crippen molar-refractivity contribution in [2.75, 3.05) is 26.2 Å². The molecule has 1 aromatic heterocycles. The highest BCUT2D eigenvalue weighted by molar-refractivity contribution is 5.80. The van der Waals surface area contributed by atoms with Crippen molar-refractivity contribution in [2.45, 2.75) is 103 Å². The molecule has 1 aliphatic carbocycles. The fourth-order valence-electron chi connectivity index (χ4n) is 6.03. The second kappa shape index (κ2) is 9.95. The third-order valence-electron chi connectivity index (χ3n) is 8.19. The Morgan fingerprint density at radius 3 is 1.93 bits per heavy atom. The van der Waals surface area contributed by atoms with Crippen molar-refractivity contribution < 1.29 is 4.79 Å². The molecule has 5 heteroatoms. The van der Waals surface area contributed by atoms with E-state index in [0.717, 1.165) is 31.3 Å². The van der Waals surface area contributed by atoms with Crippen molar-refractivity contribution in [3.8, 4) is 0 Å². The molecule has 0 radical (unpaired) electrons. The van der Waals surface area contributed by atoms with E-state index in [-0.39, 0.29) is 0 Å². The molecule has 3 fully saturated rings. The summed E-state index contributed by atoms with van der Waals surface area (Å²) < 4.78 is 2.23. The van der Waals surface area contributed by atoms with Crippen LogP contribution in [0.3, 0.4) is 0 Å². The molecule has 5 nitrogen and oxygen atoms in total. The van der Waals surface area contributed by atoms with Crippen molar-refractivity contribution in [1.29, 1.82) is 0 Å². The summed E-state index contributed by atoms with van der Waals surface area (Å²) >= 11 is 0. The minimum Gasteiger partial charge on any atom is -0.300 e. The quantitative estimate of drug-likeness (QED) is 0.680. The van der Waals surface area contributed by atoms with E-state index < -0.39 is 0 Å². The Bertz CT molecular complexity index is 675. The number of Topliss-reactive ketones (excluding diaryl/α,β-unsaturated/α-hetero) is 1. The first-order valence-corrected chi connectivity index (χ1v) is 12.6. The van der Waals surface area contributed by atoms with Gasteiger partial charge in [0.25, 0.3) is 0 Å². The van der Waals surface area contributed by atoms with E-state index in [2.05, 4.69) is 45.8 Å². The number of hydrogen-bond donors (Lipinski definition) is 0. The second-order valence-electron chi connectivity index (χ2n) is 10.3. The van der Waals surface area contributed by atoms with Crippen molar-refractivity contribution >= 4 is 5.78 Å². The third kappa shape index (κ3) is 4.99. The molecule has 0 spiro atoms. The van der Waals surface area contributed by atoms with Gasteiger partial charge < -0.3 is 9.80 Å². The average molecular weight is 415 g/mol. The van der Waals surface area contributed by atoms with Crippen LogP contribution in [0.25, 0.3) is 0 Å². The third-order valence-corrected chi connectivity index (χ3v) is 8.19. The van der Waals surface area contributed by atoms with Gasteiger partial charge in [0.2, 0.25) is 0 Å². The molecule has 1 aromatic rings. The largest absolute Gasteiger partial charge is 0.300 e. The number of piperidine rings is 2. The Labute approximate surface area is 183 Å². The summed E-state index contributed by atoms with van der Waals surface area (Å²) in [4.78, 5) is 17.5. The highest BCUT2D eigenvalue weighted by atomic mass is 16.1. The number of likely N-dealkylation sites (tertiary alicyclic amines) is 2. The molecule has 0 atom stereocenters. The molecule has 4 rings (SSSR count). The van der Waals surface area contributed by atoms with Crippen molar-refractivity contribution in [1.82, 2.24) is 19.6 Å². The van der Waals surface area contributed by atoms with Crippen LogP contribution in [0.2, 0.25) is 0 Å². The van der Waals surface area contributed by atoms with Gasteiger partial charge >= 0.3 is 0 Å². The SMILES string of the molecule is CCC(=O)[C@H]1CC[C@H](N2CCC(N3CCC(n4cc(C(C)C)cn4)CC3)CC2)CC1. The van der Waals surface area contributed by atoms with E-state index in [1.807, 2.05) is 6.92 Å². The first-order valence-electron chi connectivity index (χ1n) is 12.6. The lowest BCUT2D eigenvalue weighted by molar-refractivity contribution is -0.123. The van der Waals surface area contributed by atoms with Crippen LogP contribution in [-0.2, 0) is 4.79 Å². The van der Waals surface area contributed by atoms with E-state index in [4.69, 9.17) is 0 Å². The monoisotopic (exact) mass is 414 g/mol. The number of nitrogens with zero attached hydrogens (tertiary/aromatic N) is 4. The van der Waals surface area contributed by atoms with E-state index in [1.54, 1.807) is 0 Å². The van der Waals surface area contributed by atoms with E-state index >= 15 is 0 Å². The predicted octanol–water partition coefficient (Wildman–Crippen LogP) is 4.65. The van der Waals surface area contributed by atoms with E-state index in [0.29, 0.717) is 23.7 Å². The Morgan fingerprint density at radius 2 is 1.43 bits per heavy atom. The molecule has 0 unspecified atom stereocenters. The van der Waals surface area contributed by atoms with Gasteiger partial charge in [-0.25, -0.2) is 0 Å². The zero-order valence-corrected chi connectivity index (χ0v) is 19.4. The lowest BCUT2D eigenvalue weighted by atomic mass is 9.81. The number of hydrogen-bond acceptors (Lipinski definition) is 4. The highest BCUT2D eigenvalue weighted by Gasteiger charge is 2.33. The molecule has 3 aliphatic rings. The first-order chi connectivity index (χ1) is 14.5. The molecule has 168 valence electrons. The highest BCUT2D eigenvalue weighted by Crippen LogP contribution is 2.32. The lowest BCUT2D eigenvalue weighted by Gasteiger charge is -2.45. The number of ketones is 1. The van der Waals surface area contributed by atoms with Crippen LogP contribution < -0.4 is 0 Å². The van der Waals surface area contributed by atoms with Gasteiger partial charge in [0.05, 0.1) is 12.2 Å². The van der Waals surface area contributed by atoms with Crippen LogP contribution in [0.1, 0.15) is 96.1 Å². The van der Waals surface area contributed by atoms with Crippen LogP contribution in [-0.4, -0.2) is 63.6 Å². The van der Waals surface area contributed by atoms with Gasteiger partial charge in [-0.3, -0.25) is 9.48 Å². The zero-order chi connectivity index (χ0) is 21.1. The Hall–Kier alpha value is -1.20. The Morgan fingerprint density at radius 1 is 0.900 bits per heavy atom. The smallest absolute Gasteiger partial charge is 0.135 e. The normalized spacial score (nSPS) is 28.3. The first kappa shape index (κ1) is 22.0. The molecule has 2 saturated heterocycles. The fourth-order valence-corrected chi connectivity index (χ4v) is 6.03. The zero-order valence-electron chi connectivity index (χ0n) is 19.4. The van der Waals surface area contributed by atoms with Crippen molar-refractivity contribution in [2.24, 2.45) is 5.92 Å². The van der Waals surface area contributed by atoms with Crippen molar-refractivity contribution in [3.05, 3.63) is 18.0 Å². The van der Waals surface area contributed by atoms with Crippen molar-refractivity contribution in [3.63, 3.8) is 0 Å². The number of aromatic nitrogens is 2. The van der Waals surface area contributed by atoms with Gasteiger partial charge in [-0.2, -0.15) is 5.10 Å². The second-order valence-corrected chi connectivity index (χ2v) is 10.3. The summed E-state index contributed by atoms with van der Waals surface area (Å²) in [6, 6.07) is 2.08. The summed E-state index contributed by atoms with van der Waals surface area (Å²) in [5.74, 6) is 1.41. The molecule has 2 aliphatic heterocycles.